The molecular formula is C17H22N6O2. The molecule has 25 heavy (non-hydrogen) atoms. The largest absolute Gasteiger partial charge is 0.369 e. The highest BCUT2D eigenvalue weighted by Gasteiger charge is 2.22. The van der Waals surface area contributed by atoms with E-state index in [1.165, 1.54) is 0 Å². The smallest absolute Gasteiger partial charge is 0.321 e. The number of nitrogens with zero attached hydrogens (tertiary/aromatic N) is 4. The molecule has 0 saturated carbocycles. The van der Waals surface area contributed by atoms with E-state index in [9.17, 15) is 9.59 Å². The van der Waals surface area contributed by atoms with Gasteiger partial charge in [0, 0.05) is 30.9 Å². The lowest BCUT2D eigenvalue weighted by atomic mass is 10.1. The molecule has 2 heterocycles. The zero-order valence-electron chi connectivity index (χ0n) is 14.2. The molecule has 1 aliphatic heterocycles. The molecule has 1 aromatic heterocycles. The van der Waals surface area contributed by atoms with E-state index in [1.807, 2.05) is 28.9 Å². The lowest BCUT2D eigenvalue weighted by molar-refractivity contribution is -0.117. The third kappa shape index (κ3) is 3.78. The molecule has 0 radical (unpaired) electrons. The fourth-order valence-electron chi connectivity index (χ4n) is 2.83. The van der Waals surface area contributed by atoms with Gasteiger partial charge in [-0.05, 0) is 18.6 Å². The van der Waals surface area contributed by atoms with Crippen LogP contribution < -0.4 is 16.0 Å². The number of unbranched alkanes of at least 4 members (excludes halogenated alkanes) is 1. The summed E-state index contributed by atoms with van der Waals surface area (Å²) < 4.78 is 1.81. The minimum Gasteiger partial charge on any atom is -0.369 e. The van der Waals surface area contributed by atoms with Gasteiger partial charge in [-0.15, -0.1) is 0 Å². The number of aryl methyl sites for hydroxylation is 1. The third-order valence-corrected chi connectivity index (χ3v) is 4.04. The maximum absolute atomic E-state index is 11.9. The number of amides is 3. The average Bonchev–Trinajstić information content (AvgIpc) is 3.18. The molecule has 3 amide bonds. The summed E-state index contributed by atoms with van der Waals surface area (Å²) in [6, 6.07) is 7.54. The number of benzene rings is 1. The number of anilines is 1. The highest BCUT2D eigenvalue weighted by Crippen LogP contribution is 2.25. The molecule has 1 aromatic carbocycles. The maximum atomic E-state index is 11.9. The van der Waals surface area contributed by atoms with Crippen LogP contribution in [0, 0.1) is 0 Å². The van der Waals surface area contributed by atoms with Crippen molar-refractivity contribution in [3.05, 3.63) is 30.1 Å². The fourth-order valence-corrected chi connectivity index (χ4v) is 2.83. The van der Waals surface area contributed by atoms with Crippen LogP contribution in [0.4, 0.5) is 10.5 Å². The van der Waals surface area contributed by atoms with E-state index in [2.05, 4.69) is 22.3 Å². The second-order valence-electron chi connectivity index (χ2n) is 6.01. The zero-order chi connectivity index (χ0) is 17.8. The number of hydrogen-bond acceptors (Lipinski definition) is 4. The van der Waals surface area contributed by atoms with E-state index in [4.69, 9.17) is 5.73 Å². The summed E-state index contributed by atoms with van der Waals surface area (Å²) in [6.07, 6.45) is 2.00. The summed E-state index contributed by atoms with van der Waals surface area (Å²) in [4.78, 5) is 29.3. The van der Waals surface area contributed by atoms with Crippen LogP contribution in [-0.2, 0) is 17.8 Å². The Morgan fingerprint density at radius 2 is 2.24 bits per heavy atom. The minimum atomic E-state index is -0.457. The summed E-state index contributed by atoms with van der Waals surface area (Å²) in [7, 11) is 0. The minimum absolute atomic E-state index is 0.0142. The fraction of sp³-hybridized carbons (Fsp3) is 0.412. The number of carbonyl (C=O) groups is 2. The molecule has 0 aliphatic carbocycles. The monoisotopic (exact) mass is 342 g/mol. The Labute approximate surface area is 146 Å². The first-order chi connectivity index (χ1) is 12.1. The molecule has 1 saturated heterocycles. The van der Waals surface area contributed by atoms with Crippen LogP contribution in [-0.4, -0.2) is 39.8 Å². The number of hydrogen-bond donors (Lipinski definition) is 2. The van der Waals surface area contributed by atoms with E-state index >= 15 is 0 Å². The number of carbonyl (C=O) groups excluding carboxylic acids is 2. The second-order valence-corrected chi connectivity index (χ2v) is 6.01. The van der Waals surface area contributed by atoms with Gasteiger partial charge in [-0.3, -0.25) is 9.69 Å². The van der Waals surface area contributed by atoms with Gasteiger partial charge in [0.05, 0.1) is 6.42 Å². The molecule has 3 N–H and O–H groups in total. The average molecular weight is 342 g/mol. The van der Waals surface area contributed by atoms with Gasteiger partial charge >= 0.3 is 6.03 Å². The van der Waals surface area contributed by atoms with Gasteiger partial charge < -0.3 is 11.1 Å². The predicted molar refractivity (Wildman–Crippen MR) is 94.0 cm³/mol. The number of primary amides is 1. The molecule has 0 spiro atoms. The molecule has 2 aromatic rings. The van der Waals surface area contributed by atoms with Gasteiger partial charge in [0.25, 0.3) is 0 Å². The summed E-state index contributed by atoms with van der Waals surface area (Å²) in [5.41, 5.74) is 6.94. The molecule has 0 atom stereocenters. The van der Waals surface area contributed by atoms with Gasteiger partial charge in [0.15, 0.2) is 11.6 Å². The van der Waals surface area contributed by atoms with E-state index in [-0.39, 0.29) is 12.5 Å². The van der Waals surface area contributed by atoms with E-state index in [1.54, 1.807) is 4.90 Å². The second kappa shape index (κ2) is 7.33. The molecule has 132 valence electrons. The Hall–Kier alpha value is -2.90. The van der Waals surface area contributed by atoms with Crippen molar-refractivity contribution in [1.82, 2.24) is 20.1 Å². The standard InChI is InChI=1S/C17H22N6O2/c1-2-3-8-23-16(20-15(21-23)11-14(18)24)12-5-4-6-13(10-12)22-9-7-19-17(22)25/h4-6,10H,2-3,7-9,11H2,1H3,(H2,18,24)(H,19,25). The zero-order valence-corrected chi connectivity index (χ0v) is 14.2. The molecular weight excluding hydrogens is 320 g/mol. The summed E-state index contributed by atoms with van der Waals surface area (Å²) in [5.74, 6) is 0.649. The van der Waals surface area contributed by atoms with Crippen molar-refractivity contribution in [3.8, 4) is 11.4 Å². The first-order valence-electron chi connectivity index (χ1n) is 8.46. The van der Waals surface area contributed by atoms with Gasteiger partial charge in [-0.1, -0.05) is 25.5 Å². The van der Waals surface area contributed by atoms with Gasteiger partial charge in [0.1, 0.15) is 0 Å². The van der Waals surface area contributed by atoms with Crippen molar-refractivity contribution in [1.29, 1.82) is 0 Å². The third-order valence-electron chi connectivity index (χ3n) is 4.04. The summed E-state index contributed by atoms with van der Waals surface area (Å²) >= 11 is 0. The number of nitrogens with one attached hydrogen (secondary N) is 1. The van der Waals surface area contributed by atoms with Crippen molar-refractivity contribution in [3.63, 3.8) is 0 Å². The molecule has 1 fully saturated rings. The van der Waals surface area contributed by atoms with Crippen molar-refractivity contribution in [2.45, 2.75) is 32.7 Å². The number of nitrogens with two attached hydrogens (primary N) is 1. The topological polar surface area (TPSA) is 106 Å². The molecule has 0 unspecified atom stereocenters. The number of rotatable bonds is 7. The quantitative estimate of drug-likeness (QED) is 0.791. The van der Waals surface area contributed by atoms with Crippen LogP contribution in [0.2, 0.25) is 0 Å². The molecule has 0 bridgehead atoms. The maximum Gasteiger partial charge on any atom is 0.321 e. The number of urea groups is 1. The van der Waals surface area contributed by atoms with Crippen molar-refractivity contribution >= 4 is 17.6 Å². The predicted octanol–water partition coefficient (Wildman–Crippen LogP) is 1.30. The van der Waals surface area contributed by atoms with E-state index in [0.717, 1.165) is 24.1 Å². The van der Waals surface area contributed by atoms with Crippen molar-refractivity contribution in [2.75, 3.05) is 18.0 Å². The Bertz CT molecular complexity index is 785. The molecule has 1 aliphatic rings. The lowest BCUT2D eigenvalue weighted by Crippen LogP contribution is -2.27. The normalized spacial score (nSPS) is 14.0. The van der Waals surface area contributed by atoms with E-state index < -0.39 is 5.91 Å². The number of aromatic nitrogens is 3. The van der Waals surface area contributed by atoms with Crippen LogP contribution in [0.15, 0.2) is 24.3 Å². The lowest BCUT2D eigenvalue weighted by Gasteiger charge is -2.15. The molecule has 8 heteroatoms. The summed E-state index contributed by atoms with van der Waals surface area (Å²) in [6.45, 7) is 4.09. The van der Waals surface area contributed by atoms with Crippen molar-refractivity contribution < 1.29 is 9.59 Å². The van der Waals surface area contributed by atoms with Gasteiger partial charge in [-0.25, -0.2) is 14.5 Å². The summed E-state index contributed by atoms with van der Waals surface area (Å²) in [5, 5.41) is 7.21. The van der Waals surface area contributed by atoms with Crippen LogP contribution in [0.1, 0.15) is 25.6 Å². The highest BCUT2D eigenvalue weighted by atomic mass is 16.2. The Morgan fingerprint density at radius 3 is 2.92 bits per heavy atom. The van der Waals surface area contributed by atoms with E-state index in [0.29, 0.717) is 31.3 Å². The molecule has 8 nitrogen and oxygen atoms in total. The van der Waals surface area contributed by atoms with Crippen LogP contribution in [0.3, 0.4) is 0 Å². The van der Waals surface area contributed by atoms with Crippen molar-refractivity contribution in [2.24, 2.45) is 5.73 Å². The van der Waals surface area contributed by atoms with Crippen LogP contribution in [0.25, 0.3) is 11.4 Å². The SMILES string of the molecule is CCCCn1nc(CC(N)=O)nc1-c1cccc(N2CCNC2=O)c1. The Balaban J connectivity index is 1.95. The molecule has 3 rings (SSSR count). The van der Waals surface area contributed by atoms with Crippen LogP contribution >= 0.6 is 0 Å². The Morgan fingerprint density at radius 1 is 1.40 bits per heavy atom. The first kappa shape index (κ1) is 16.9. The Kier molecular flexibility index (Phi) is 4.97. The van der Waals surface area contributed by atoms with Gasteiger partial charge in [0.2, 0.25) is 5.91 Å². The highest BCUT2D eigenvalue weighted by molar-refractivity contribution is 5.94. The van der Waals surface area contributed by atoms with Gasteiger partial charge in [-0.2, -0.15) is 5.10 Å². The first-order valence-corrected chi connectivity index (χ1v) is 8.46. The van der Waals surface area contributed by atoms with Crippen LogP contribution in [0.5, 0.6) is 0 Å².